The van der Waals surface area contributed by atoms with Gasteiger partial charge >= 0.3 is 0 Å². The summed E-state index contributed by atoms with van der Waals surface area (Å²) in [7, 11) is 0. The topological polar surface area (TPSA) is 59.4 Å². The van der Waals surface area contributed by atoms with Crippen LogP contribution in [0.3, 0.4) is 0 Å². The van der Waals surface area contributed by atoms with Crippen LogP contribution in [-0.2, 0) is 0 Å². The quantitative estimate of drug-likeness (QED) is 0.461. The molecule has 1 atom stereocenters. The first-order valence-corrected chi connectivity index (χ1v) is 11.1. The zero-order chi connectivity index (χ0) is 23.9. The van der Waals surface area contributed by atoms with E-state index in [1.807, 2.05) is 35.7 Å². The van der Waals surface area contributed by atoms with Gasteiger partial charge in [0.15, 0.2) is 0 Å². The third kappa shape index (κ3) is 4.17. The van der Waals surface area contributed by atoms with Gasteiger partial charge in [0.2, 0.25) is 0 Å². The standard InChI is InChI=1S/C23H21ClN4O2S/c1-27-9-8-16(13-27)26-23(29)22-11-17(14-31-22)28-20-7-6-18(10-15(20)12-25-28)30-21-5-3-2-4-19(21)24/h2-7,10-12,14,16H,8-9,13H2,1H3,(H,26,29)/t16-/m1/s1/i1D3. The van der Waals surface area contributed by atoms with Crippen molar-refractivity contribution in [1.82, 2.24) is 20.0 Å². The molecule has 0 aliphatic carbocycles. The lowest BCUT2D eigenvalue weighted by Crippen LogP contribution is -2.36. The van der Waals surface area contributed by atoms with Gasteiger partial charge in [0.05, 0.1) is 27.3 Å². The minimum absolute atomic E-state index is 0.180. The van der Waals surface area contributed by atoms with Crippen molar-refractivity contribution in [2.75, 3.05) is 20.1 Å². The Morgan fingerprint density at radius 3 is 3.06 bits per heavy atom. The molecule has 0 unspecified atom stereocenters. The van der Waals surface area contributed by atoms with Crippen LogP contribution in [0.5, 0.6) is 11.5 Å². The fourth-order valence-corrected chi connectivity index (χ4v) is 4.57. The molecule has 5 rings (SSSR count). The smallest absolute Gasteiger partial charge is 0.261 e. The second-order valence-electron chi connectivity index (χ2n) is 7.38. The molecule has 0 radical (unpaired) electrons. The zero-order valence-electron chi connectivity index (χ0n) is 19.4. The number of fused-ring (bicyclic) bond motifs is 1. The molecular formula is C23H21ClN4O2S. The molecule has 1 N–H and O–H groups in total. The molecule has 2 aromatic heterocycles. The van der Waals surface area contributed by atoms with Crippen LogP contribution < -0.4 is 10.1 Å². The lowest BCUT2D eigenvalue weighted by molar-refractivity contribution is 0.0942. The Morgan fingerprint density at radius 1 is 1.32 bits per heavy atom. The van der Waals surface area contributed by atoms with Crippen LogP contribution in [-0.4, -0.2) is 46.7 Å². The number of benzene rings is 2. The lowest BCUT2D eigenvalue weighted by atomic mass is 10.2. The number of nitrogens with one attached hydrogen (secondary N) is 1. The van der Waals surface area contributed by atoms with Crippen LogP contribution in [0.4, 0.5) is 0 Å². The number of thiophene rings is 1. The zero-order valence-corrected chi connectivity index (χ0v) is 18.0. The highest BCUT2D eigenvalue weighted by molar-refractivity contribution is 7.12. The first-order chi connectivity index (χ1) is 16.3. The van der Waals surface area contributed by atoms with E-state index in [4.69, 9.17) is 20.5 Å². The molecule has 4 aromatic rings. The highest BCUT2D eigenvalue weighted by Crippen LogP contribution is 2.31. The number of amides is 1. The van der Waals surface area contributed by atoms with Crippen molar-refractivity contribution in [2.24, 2.45) is 0 Å². The molecule has 1 aliphatic heterocycles. The first-order valence-electron chi connectivity index (χ1n) is 11.3. The average molecular weight is 456 g/mol. The Bertz CT molecular complexity index is 1350. The van der Waals surface area contributed by atoms with Crippen molar-refractivity contribution in [3.05, 3.63) is 70.0 Å². The maximum Gasteiger partial charge on any atom is 0.261 e. The van der Waals surface area contributed by atoms with Crippen LogP contribution in [0.2, 0.25) is 5.02 Å². The summed E-state index contributed by atoms with van der Waals surface area (Å²) in [5.41, 5.74) is 1.65. The van der Waals surface area contributed by atoms with Gasteiger partial charge < -0.3 is 15.0 Å². The molecule has 0 spiro atoms. The van der Waals surface area contributed by atoms with Gasteiger partial charge in [-0.25, -0.2) is 4.68 Å². The molecule has 1 aliphatic rings. The second-order valence-corrected chi connectivity index (χ2v) is 8.70. The summed E-state index contributed by atoms with van der Waals surface area (Å²) in [5, 5.41) is 10.7. The number of likely N-dealkylation sites (N-methyl/N-ethyl adjacent to an activating group) is 1. The van der Waals surface area contributed by atoms with E-state index in [-0.39, 0.29) is 11.9 Å². The predicted molar refractivity (Wildman–Crippen MR) is 124 cm³/mol. The summed E-state index contributed by atoms with van der Waals surface area (Å²) in [4.78, 5) is 14.7. The van der Waals surface area contributed by atoms with Crippen molar-refractivity contribution in [3.63, 3.8) is 0 Å². The Hall–Kier alpha value is -2.87. The molecule has 1 saturated heterocycles. The number of likely N-dealkylation sites (tertiary alicyclic amines) is 1. The van der Waals surface area contributed by atoms with Crippen LogP contribution in [0.15, 0.2) is 60.1 Å². The van der Waals surface area contributed by atoms with Gasteiger partial charge in [-0.2, -0.15) is 5.10 Å². The average Bonchev–Trinajstić information content (AvgIpc) is 3.54. The fraction of sp³-hybridized carbons (Fsp3) is 0.217. The summed E-state index contributed by atoms with van der Waals surface area (Å²) >= 11 is 7.51. The molecule has 31 heavy (non-hydrogen) atoms. The molecule has 0 saturated carbocycles. The number of rotatable bonds is 5. The van der Waals surface area contributed by atoms with Crippen molar-refractivity contribution in [1.29, 1.82) is 0 Å². The normalized spacial score (nSPS) is 18.5. The van der Waals surface area contributed by atoms with E-state index in [1.165, 1.54) is 16.2 Å². The number of carbonyl (C=O) groups is 1. The largest absolute Gasteiger partial charge is 0.456 e. The minimum atomic E-state index is -2.13. The first kappa shape index (κ1) is 16.8. The van der Waals surface area contributed by atoms with E-state index in [0.717, 1.165) is 16.6 Å². The summed E-state index contributed by atoms with van der Waals surface area (Å²) in [6.07, 6.45) is 2.36. The van der Waals surface area contributed by atoms with E-state index in [9.17, 15) is 4.79 Å². The number of nitrogens with zero attached hydrogens (tertiary/aromatic N) is 3. The predicted octanol–water partition coefficient (Wildman–Crippen LogP) is 4.97. The van der Waals surface area contributed by atoms with Crippen molar-refractivity contribution < 1.29 is 13.6 Å². The molecule has 6 nitrogen and oxygen atoms in total. The second kappa shape index (κ2) is 8.34. The van der Waals surface area contributed by atoms with Crippen molar-refractivity contribution in [3.8, 4) is 17.2 Å². The maximum atomic E-state index is 12.7. The van der Waals surface area contributed by atoms with Crippen LogP contribution in [0.25, 0.3) is 16.6 Å². The van der Waals surface area contributed by atoms with Gasteiger partial charge in [-0.3, -0.25) is 4.79 Å². The highest BCUT2D eigenvalue weighted by atomic mass is 35.5. The highest BCUT2D eigenvalue weighted by Gasteiger charge is 2.22. The number of ether oxygens (including phenoxy) is 1. The Kier molecular flexibility index (Phi) is 4.51. The maximum absolute atomic E-state index is 12.7. The van der Waals surface area contributed by atoms with Gasteiger partial charge in [0, 0.05) is 27.5 Å². The van der Waals surface area contributed by atoms with Gasteiger partial charge in [-0.05, 0) is 56.3 Å². The molecule has 1 amide bonds. The summed E-state index contributed by atoms with van der Waals surface area (Å²) in [6.45, 7) is -1.36. The van der Waals surface area contributed by atoms with E-state index in [0.29, 0.717) is 40.9 Å². The van der Waals surface area contributed by atoms with Crippen molar-refractivity contribution >= 4 is 39.7 Å². The lowest BCUT2D eigenvalue weighted by Gasteiger charge is -2.11. The number of aromatic nitrogens is 2. The number of carbonyl (C=O) groups excluding carboxylic acids is 1. The van der Waals surface area contributed by atoms with Crippen LogP contribution in [0, 0.1) is 0 Å². The molecular weight excluding hydrogens is 432 g/mol. The Labute approximate surface area is 193 Å². The third-order valence-electron chi connectivity index (χ3n) is 5.18. The van der Waals surface area contributed by atoms with Crippen molar-refractivity contribution in [2.45, 2.75) is 12.5 Å². The summed E-state index contributed by atoms with van der Waals surface area (Å²) in [6, 6.07) is 14.5. The molecule has 2 aromatic carbocycles. The fourth-order valence-electron chi connectivity index (χ4n) is 3.63. The third-order valence-corrected chi connectivity index (χ3v) is 6.41. The number of hydrogen-bond acceptors (Lipinski definition) is 5. The van der Waals surface area contributed by atoms with Gasteiger partial charge in [0.25, 0.3) is 5.91 Å². The Balaban J connectivity index is 1.30. The van der Waals surface area contributed by atoms with Gasteiger partial charge in [-0.15, -0.1) is 11.3 Å². The van der Waals surface area contributed by atoms with E-state index < -0.39 is 6.98 Å². The Morgan fingerprint density at radius 2 is 2.23 bits per heavy atom. The molecule has 3 heterocycles. The summed E-state index contributed by atoms with van der Waals surface area (Å²) in [5.74, 6) is 1.02. The van der Waals surface area contributed by atoms with Crippen LogP contribution >= 0.6 is 22.9 Å². The minimum Gasteiger partial charge on any atom is -0.456 e. The number of halogens is 1. The SMILES string of the molecule is [2H]C([2H])([2H])N1CC[C@@H](NC(=O)c2cc(-n3ncc4cc(Oc5ccccc5Cl)ccc43)cs2)C1. The van der Waals surface area contributed by atoms with Gasteiger partial charge in [0.1, 0.15) is 11.5 Å². The molecule has 1 fully saturated rings. The summed E-state index contributed by atoms with van der Waals surface area (Å²) < 4.78 is 30.2. The molecule has 158 valence electrons. The van der Waals surface area contributed by atoms with Crippen LogP contribution in [0.1, 0.15) is 20.2 Å². The molecule has 0 bridgehead atoms. The van der Waals surface area contributed by atoms with E-state index in [2.05, 4.69) is 10.4 Å². The van der Waals surface area contributed by atoms with Gasteiger partial charge in [-0.1, -0.05) is 23.7 Å². The number of para-hydroxylation sites is 1. The van der Waals surface area contributed by atoms with E-state index in [1.54, 1.807) is 29.1 Å². The van der Waals surface area contributed by atoms with E-state index >= 15 is 0 Å². The molecule has 8 heteroatoms. The monoisotopic (exact) mass is 455 g/mol. The number of hydrogen-bond donors (Lipinski definition) is 1.